The van der Waals surface area contributed by atoms with Gasteiger partial charge in [0.05, 0.1) is 11.4 Å². The van der Waals surface area contributed by atoms with Gasteiger partial charge in [0.2, 0.25) is 10.0 Å². The quantitative estimate of drug-likeness (QED) is 0.725. The van der Waals surface area contributed by atoms with E-state index in [4.69, 9.17) is 9.88 Å². The molecule has 0 aromatic heterocycles. The van der Waals surface area contributed by atoms with Crippen LogP contribution in [0.3, 0.4) is 0 Å². The van der Waals surface area contributed by atoms with E-state index >= 15 is 0 Å². The predicted octanol–water partition coefficient (Wildman–Crippen LogP) is 4.12. The van der Waals surface area contributed by atoms with Crippen LogP contribution in [0.2, 0.25) is 0 Å². The topological polar surface area (TPSA) is 92.9 Å². The van der Waals surface area contributed by atoms with Crippen LogP contribution in [0.15, 0.2) is 29.2 Å². The fraction of sp³-hybridized carbons (Fsp3) is 0.708. The normalized spacial score (nSPS) is 27.6. The Morgan fingerprint density at radius 1 is 1.06 bits per heavy atom. The van der Waals surface area contributed by atoms with E-state index in [1.165, 1.54) is 57.1 Å². The van der Waals surface area contributed by atoms with Crippen LogP contribution < -0.4 is 10.0 Å². The Kier molecular flexibility index (Phi) is 7.12. The minimum atomic E-state index is -3.75. The highest BCUT2D eigenvalue weighted by molar-refractivity contribution is 7.89. The molecule has 3 aliphatic rings. The number of amides is 1. The molecule has 0 bridgehead atoms. The van der Waals surface area contributed by atoms with Crippen molar-refractivity contribution in [2.75, 3.05) is 31.1 Å². The molecule has 1 amide bonds. The number of primary sulfonamides is 1. The van der Waals surface area contributed by atoms with Gasteiger partial charge in [-0.2, -0.15) is 0 Å². The van der Waals surface area contributed by atoms with Crippen LogP contribution in [0.4, 0.5) is 10.5 Å². The Hall–Kier alpha value is -1.64. The molecular weight excluding hydrogens is 426 g/mol. The maximum atomic E-state index is 12.6. The van der Waals surface area contributed by atoms with Crippen molar-refractivity contribution in [1.29, 1.82) is 0 Å². The lowest BCUT2D eigenvalue weighted by Crippen LogP contribution is -2.48. The first kappa shape index (κ1) is 23.5. The summed E-state index contributed by atoms with van der Waals surface area (Å²) in [7, 11) is -3.75. The van der Waals surface area contributed by atoms with E-state index in [0.717, 1.165) is 44.3 Å². The van der Waals surface area contributed by atoms with E-state index in [0.29, 0.717) is 12.2 Å². The number of anilines is 1. The number of piperidine rings is 1. The molecule has 1 aromatic rings. The molecule has 2 unspecified atom stereocenters. The predicted molar refractivity (Wildman–Crippen MR) is 125 cm³/mol. The van der Waals surface area contributed by atoms with Crippen LogP contribution in [-0.4, -0.2) is 51.2 Å². The molecule has 2 N–H and O–H groups in total. The van der Waals surface area contributed by atoms with Crippen molar-refractivity contribution >= 4 is 21.8 Å². The highest BCUT2D eigenvalue weighted by atomic mass is 32.2. The van der Waals surface area contributed by atoms with Crippen LogP contribution in [0, 0.1) is 11.8 Å². The van der Waals surface area contributed by atoms with E-state index in [2.05, 4.69) is 11.8 Å². The monoisotopic (exact) mass is 463 g/mol. The molecule has 0 radical (unpaired) electrons. The number of carbonyl (C=O) groups is 1. The number of benzene rings is 1. The first-order chi connectivity index (χ1) is 15.2. The molecule has 2 aliphatic heterocycles. The summed E-state index contributed by atoms with van der Waals surface area (Å²) in [5.74, 6) is 1.59. The number of ether oxygens (including phenoxy) is 1. The van der Waals surface area contributed by atoms with Gasteiger partial charge in [0, 0.05) is 38.2 Å². The van der Waals surface area contributed by atoms with Gasteiger partial charge in [-0.3, -0.25) is 4.90 Å². The summed E-state index contributed by atoms with van der Waals surface area (Å²) >= 11 is 0. The second kappa shape index (κ2) is 9.69. The number of nitrogens with two attached hydrogens (primary N) is 1. The molecule has 3 fully saturated rings. The Balaban J connectivity index is 1.33. The summed E-state index contributed by atoms with van der Waals surface area (Å²) in [4.78, 5) is 16.8. The van der Waals surface area contributed by atoms with Crippen LogP contribution >= 0.6 is 0 Å². The standard InChI is InChI=1S/C24H37N3O4S/c1-19-6-4-2-3-5-7-20(16-19)17-26-14-12-24(13-15-26)18-27(23(28)31-24)21-8-10-22(11-9-21)32(25,29)30/h8-11,19-20H,2-7,12-18H2,1H3,(H2,25,29,30). The van der Waals surface area contributed by atoms with E-state index in [9.17, 15) is 13.2 Å². The zero-order valence-electron chi connectivity index (χ0n) is 19.2. The lowest BCUT2D eigenvalue weighted by Gasteiger charge is -2.39. The molecule has 7 nitrogen and oxygen atoms in total. The van der Waals surface area contributed by atoms with Crippen LogP contribution in [0.25, 0.3) is 0 Å². The summed E-state index contributed by atoms with van der Waals surface area (Å²) in [5, 5.41) is 5.17. The summed E-state index contributed by atoms with van der Waals surface area (Å²) in [6.07, 6.45) is 10.8. The second-order valence-corrected chi connectivity index (χ2v) is 11.7. The van der Waals surface area contributed by atoms with Gasteiger partial charge in [-0.05, 0) is 48.9 Å². The maximum Gasteiger partial charge on any atom is 0.415 e. The number of likely N-dealkylation sites (tertiary alicyclic amines) is 1. The molecule has 178 valence electrons. The molecule has 1 saturated carbocycles. The number of hydrogen-bond donors (Lipinski definition) is 1. The largest absolute Gasteiger partial charge is 0.441 e. The fourth-order valence-corrected chi connectivity index (χ4v) is 6.17. The highest BCUT2D eigenvalue weighted by Crippen LogP contribution is 2.36. The first-order valence-corrected chi connectivity index (χ1v) is 13.6. The van der Waals surface area contributed by atoms with Crippen molar-refractivity contribution in [2.24, 2.45) is 17.0 Å². The minimum absolute atomic E-state index is 0.0380. The Morgan fingerprint density at radius 3 is 2.38 bits per heavy atom. The van der Waals surface area contributed by atoms with E-state index in [1.54, 1.807) is 17.0 Å². The average molecular weight is 464 g/mol. The molecule has 8 heteroatoms. The first-order valence-electron chi connectivity index (χ1n) is 12.1. The second-order valence-electron chi connectivity index (χ2n) is 10.2. The third kappa shape index (κ3) is 5.64. The van der Waals surface area contributed by atoms with Crippen molar-refractivity contribution in [3.05, 3.63) is 24.3 Å². The van der Waals surface area contributed by atoms with Gasteiger partial charge < -0.3 is 9.64 Å². The summed E-state index contributed by atoms with van der Waals surface area (Å²) in [6, 6.07) is 6.11. The molecule has 2 saturated heterocycles. The number of rotatable bonds is 4. The van der Waals surface area contributed by atoms with Crippen molar-refractivity contribution in [3.8, 4) is 0 Å². The fourth-order valence-electron chi connectivity index (χ4n) is 5.66. The van der Waals surface area contributed by atoms with E-state index < -0.39 is 15.6 Å². The van der Waals surface area contributed by atoms with Crippen LogP contribution in [-0.2, 0) is 14.8 Å². The molecule has 1 aliphatic carbocycles. The van der Waals surface area contributed by atoms with E-state index in [1.807, 2.05) is 0 Å². The Bertz CT molecular complexity index is 894. The molecule has 2 heterocycles. The smallest absolute Gasteiger partial charge is 0.415 e. The van der Waals surface area contributed by atoms with Crippen LogP contribution in [0.1, 0.15) is 64.7 Å². The molecule has 2 atom stereocenters. The zero-order valence-corrected chi connectivity index (χ0v) is 20.0. The number of carbonyl (C=O) groups excluding carboxylic acids is 1. The van der Waals surface area contributed by atoms with E-state index in [-0.39, 0.29) is 11.0 Å². The Morgan fingerprint density at radius 2 is 1.72 bits per heavy atom. The van der Waals surface area contributed by atoms with Gasteiger partial charge in [-0.25, -0.2) is 18.4 Å². The van der Waals surface area contributed by atoms with Crippen molar-refractivity contribution < 1.29 is 17.9 Å². The van der Waals surface area contributed by atoms with Gasteiger partial charge >= 0.3 is 6.09 Å². The van der Waals surface area contributed by atoms with Gasteiger partial charge in [0.25, 0.3) is 0 Å². The lowest BCUT2D eigenvalue weighted by atomic mass is 9.87. The van der Waals surface area contributed by atoms with Gasteiger partial charge in [0.1, 0.15) is 5.60 Å². The summed E-state index contributed by atoms with van der Waals surface area (Å²) in [6.45, 7) is 5.99. The number of sulfonamides is 1. The third-order valence-corrected chi connectivity index (χ3v) is 8.46. The summed E-state index contributed by atoms with van der Waals surface area (Å²) in [5.41, 5.74) is 0.194. The molecule has 4 rings (SSSR count). The van der Waals surface area contributed by atoms with Crippen molar-refractivity contribution in [3.63, 3.8) is 0 Å². The van der Waals surface area contributed by atoms with Gasteiger partial charge in [-0.1, -0.05) is 39.0 Å². The van der Waals surface area contributed by atoms with Crippen molar-refractivity contribution in [1.82, 2.24) is 4.90 Å². The zero-order chi connectivity index (χ0) is 22.8. The third-order valence-electron chi connectivity index (χ3n) is 7.53. The molecule has 1 aromatic carbocycles. The molecule has 1 spiro atoms. The average Bonchev–Trinajstić information content (AvgIpc) is 3.11. The van der Waals surface area contributed by atoms with Crippen molar-refractivity contribution in [2.45, 2.75) is 75.2 Å². The van der Waals surface area contributed by atoms with Gasteiger partial charge in [0.15, 0.2) is 0 Å². The van der Waals surface area contributed by atoms with Crippen LogP contribution in [0.5, 0.6) is 0 Å². The number of nitrogens with zero attached hydrogens (tertiary/aromatic N) is 2. The Labute approximate surface area is 192 Å². The van der Waals surface area contributed by atoms with Gasteiger partial charge in [-0.15, -0.1) is 0 Å². The number of hydrogen-bond acceptors (Lipinski definition) is 5. The lowest BCUT2D eigenvalue weighted by molar-refractivity contribution is -0.00346. The minimum Gasteiger partial charge on any atom is -0.441 e. The molecule has 32 heavy (non-hydrogen) atoms. The molecular formula is C24H37N3O4S. The maximum absolute atomic E-state index is 12.6. The highest BCUT2D eigenvalue weighted by Gasteiger charge is 2.47. The SMILES string of the molecule is CC1CCCCCCC(CN2CCC3(CC2)CN(c2ccc(S(N)(=O)=O)cc2)C(=O)O3)C1. The summed E-state index contributed by atoms with van der Waals surface area (Å²) < 4.78 is 28.8.